The summed E-state index contributed by atoms with van der Waals surface area (Å²) < 4.78 is 28.4. The number of benzene rings is 2. The van der Waals surface area contributed by atoms with Crippen LogP contribution in [0.5, 0.6) is 0 Å². The van der Waals surface area contributed by atoms with E-state index in [1.165, 1.54) is 6.26 Å². The number of aromatic nitrogens is 1. The van der Waals surface area contributed by atoms with E-state index in [4.69, 9.17) is 4.52 Å². The third-order valence-corrected chi connectivity index (χ3v) is 5.46. The molecule has 0 saturated heterocycles. The third kappa shape index (κ3) is 5.92. The average Bonchev–Trinajstić information content (AvgIpc) is 3.20. The summed E-state index contributed by atoms with van der Waals surface area (Å²) in [6.45, 7) is 1.14. The molecule has 0 fully saturated rings. The van der Waals surface area contributed by atoms with Gasteiger partial charge in [-0.25, -0.2) is 8.42 Å². The Kier molecular flexibility index (Phi) is 6.66. The van der Waals surface area contributed by atoms with Crippen LogP contribution < -0.4 is 10.6 Å². The first-order chi connectivity index (χ1) is 14.0. The summed E-state index contributed by atoms with van der Waals surface area (Å²) in [4.78, 5) is 4.53. The van der Waals surface area contributed by atoms with Crippen LogP contribution in [0.2, 0.25) is 0 Å². The maximum Gasteiger partial charge on any atom is 0.191 e. The summed E-state index contributed by atoms with van der Waals surface area (Å²) in [5.74, 6) is 1.38. The van der Waals surface area contributed by atoms with Gasteiger partial charge in [-0.3, -0.25) is 4.99 Å². The molecular formula is C21H24N4O3S. The van der Waals surface area contributed by atoms with Gasteiger partial charge in [0, 0.05) is 31.5 Å². The van der Waals surface area contributed by atoms with Gasteiger partial charge in [-0.2, -0.15) is 0 Å². The molecule has 0 aliphatic carbocycles. The van der Waals surface area contributed by atoms with E-state index in [0.717, 1.165) is 29.0 Å². The van der Waals surface area contributed by atoms with E-state index >= 15 is 0 Å². The second-order valence-electron chi connectivity index (χ2n) is 6.57. The standard InChI is InChI=1S/C21H24N4O3S/c1-22-21(23-13-12-16-8-10-19(11-9-16)29(2,26)27)24-15-18-14-20(28-25-18)17-6-4-3-5-7-17/h3-11,14H,12-13,15H2,1-2H3,(H2,22,23,24). The van der Waals surface area contributed by atoms with Crippen LogP contribution in [-0.4, -0.2) is 39.4 Å². The average molecular weight is 413 g/mol. The monoisotopic (exact) mass is 412 g/mol. The van der Waals surface area contributed by atoms with Crippen molar-refractivity contribution < 1.29 is 12.9 Å². The Morgan fingerprint density at radius 1 is 1.07 bits per heavy atom. The van der Waals surface area contributed by atoms with Gasteiger partial charge in [0.25, 0.3) is 0 Å². The molecule has 2 aromatic carbocycles. The molecule has 0 aliphatic rings. The molecule has 1 heterocycles. The molecule has 0 spiro atoms. The number of guanidine groups is 1. The first-order valence-electron chi connectivity index (χ1n) is 9.20. The predicted octanol–water partition coefficient (Wildman–Crippen LogP) is 2.65. The number of nitrogens with zero attached hydrogens (tertiary/aromatic N) is 2. The van der Waals surface area contributed by atoms with Crippen LogP contribution in [0.15, 0.2) is 75.1 Å². The van der Waals surface area contributed by atoms with Crippen molar-refractivity contribution in [3.8, 4) is 11.3 Å². The van der Waals surface area contributed by atoms with Crippen molar-refractivity contribution in [2.24, 2.45) is 4.99 Å². The fraction of sp³-hybridized carbons (Fsp3) is 0.238. The lowest BCUT2D eigenvalue weighted by Gasteiger charge is -2.11. The summed E-state index contributed by atoms with van der Waals surface area (Å²) >= 11 is 0. The lowest BCUT2D eigenvalue weighted by atomic mass is 10.1. The van der Waals surface area contributed by atoms with Crippen molar-refractivity contribution in [2.75, 3.05) is 19.8 Å². The van der Waals surface area contributed by atoms with E-state index in [1.54, 1.807) is 19.2 Å². The zero-order valence-electron chi connectivity index (χ0n) is 16.4. The largest absolute Gasteiger partial charge is 0.356 e. The van der Waals surface area contributed by atoms with E-state index in [1.807, 2.05) is 48.5 Å². The molecule has 2 N–H and O–H groups in total. The fourth-order valence-electron chi connectivity index (χ4n) is 2.76. The number of rotatable bonds is 7. The molecule has 0 radical (unpaired) electrons. The Bertz CT molecular complexity index is 1060. The minimum Gasteiger partial charge on any atom is -0.356 e. The van der Waals surface area contributed by atoms with Gasteiger partial charge in [0.1, 0.15) is 5.69 Å². The van der Waals surface area contributed by atoms with Gasteiger partial charge < -0.3 is 15.2 Å². The lowest BCUT2D eigenvalue weighted by Crippen LogP contribution is -2.37. The normalized spacial score (nSPS) is 12.0. The molecular weight excluding hydrogens is 388 g/mol. The molecule has 0 amide bonds. The van der Waals surface area contributed by atoms with Crippen molar-refractivity contribution >= 4 is 15.8 Å². The molecule has 3 rings (SSSR count). The van der Waals surface area contributed by atoms with Crippen molar-refractivity contribution in [2.45, 2.75) is 17.9 Å². The Labute approximate surface area is 170 Å². The SMILES string of the molecule is CN=C(NCCc1ccc(S(C)(=O)=O)cc1)NCc1cc(-c2ccccc2)on1. The van der Waals surface area contributed by atoms with Crippen molar-refractivity contribution in [1.82, 2.24) is 15.8 Å². The van der Waals surface area contributed by atoms with Crippen molar-refractivity contribution in [3.05, 3.63) is 71.9 Å². The molecule has 0 unspecified atom stereocenters. The van der Waals surface area contributed by atoms with E-state index in [-0.39, 0.29) is 0 Å². The molecule has 152 valence electrons. The molecule has 29 heavy (non-hydrogen) atoms. The number of hydrogen-bond donors (Lipinski definition) is 2. The summed E-state index contributed by atoms with van der Waals surface area (Å²) in [6.07, 6.45) is 1.95. The van der Waals surface area contributed by atoms with Crippen LogP contribution in [0.25, 0.3) is 11.3 Å². The zero-order valence-corrected chi connectivity index (χ0v) is 17.2. The number of nitrogens with one attached hydrogen (secondary N) is 2. The molecule has 0 atom stereocenters. The highest BCUT2D eigenvalue weighted by molar-refractivity contribution is 7.90. The lowest BCUT2D eigenvalue weighted by molar-refractivity contribution is 0.422. The molecule has 8 heteroatoms. The molecule has 0 saturated carbocycles. The summed E-state index contributed by atoms with van der Waals surface area (Å²) in [5, 5.41) is 10.5. The van der Waals surface area contributed by atoms with Gasteiger partial charge in [0.2, 0.25) is 0 Å². The van der Waals surface area contributed by atoms with Crippen LogP contribution in [0, 0.1) is 0 Å². The maximum atomic E-state index is 11.5. The Hall–Kier alpha value is -3.13. The molecule has 7 nitrogen and oxygen atoms in total. The first kappa shape index (κ1) is 20.6. The van der Waals surface area contributed by atoms with Gasteiger partial charge in [-0.15, -0.1) is 0 Å². The fourth-order valence-corrected chi connectivity index (χ4v) is 3.39. The molecule has 3 aromatic rings. The van der Waals surface area contributed by atoms with Gasteiger partial charge in [-0.1, -0.05) is 47.6 Å². The second kappa shape index (κ2) is 9.38. The van der Waals surface area contributed by atoms with Gasteiger partial charge in [0.15, 0.2) is 21.6 Å². The van der Waals surface area contributed by atoms with Crippen molar-refractivity contribution in [1.29, 1.82) is 0 Å². The van der Waals surface area contributed by atoms with Crippen LogP contribution in [0.4, 0.5) is 0 Å². The van der Waals surface area contributed by atoms with Crippen LogP contribution >= 0.6 is 0 Å². The highest BCUT2D eigenvalue weighted by Gasteiger charge is 2.08. The van der Waals surface area contributed by atoms with E-state index < -0.39 is 9.84 Å². The van der Waals surface area contributed by atoms with Gasteiger partial charge in [0.05, 0.1) is 11.4 Å². The van der Waals surface area contributed by atoms with Crippen LogP contribution in [-0.2, 0) is 22.8 Å². The molecule has 1 aromatic heterocycles. The van der Waals surface area contributed by atoms with Crippen molar-refractivity contribution in [3.63, 3.8) is 0 Å². The van der Waals surface area contributed by atoms with Gasteiger partial charge in [-0.05, 0) is 24.1 Å². The summed E-state index contributed by atoms with van der Waals surface area (Å²) in [5.41, 5.74) is 2.81. The zero-order chi connectivity index (χ0) is 20.7. The molecule has 0 bridgehead atoms. The number of sulfone groups is 1. The summed E-state index contributed by atoms with van der Waals surface area (Å²) in [6, 6.07) is 18.6. The van der Waals surface area contributed by atoms with E-state index in [2.05, 4.69) is 20.8 Å². The van der Waals surface area contributed by atoms with Gasteiger partial charge >= 0.3 is 0 Å². The first-order valence-corrected chi connectivity index (χ1v) is 11.1. The Balaban J connectivity index is 1.47. The topological polar surface area (TPSA) is 96.6 Å². The summed E-state index contributed by atoms with van der Waals surface area (Å²) in [7, 11) is -1.46. The number of aliphatic imine (C=N–C) groups is 1. The van der Waals surface area contributed by atoms with E-state index in [9.17, 15) is 8.42 Å². The second-order valence-corrected chi connectivity index (χ2v) is 8.58. The highest BCUT2D eigenvalue weighted by atomic mass is 32.2. The minimum absolute atomic E-state index is 0.328. The quantitative estimate of drug-likeness (QED) is 0.457. The number of hydrogen-bond acceptors (Lipinski definition) is 5. The highest BCUT2D eigenvalue weighted by Crippen LogP contribution is 2.19. The van der Waals surface area contributed by atoms with E-state index in [0.29, 0.717) is 23.9 Å². The maximum absolute atomic E-state index is 11.5. The van der Waals surface area contributed by atoms with Crippen LogP contribution in [0.3, 0.4) is 0 Å². The molecule has 0 aliphatic heterocycles. The van der Waals surface area contributed by atoms with Crippen LogP contribution in [0.1, 0.15) is 11.3 Å². The third-order valence-electron chi connectivity index (χ3n) is 4.34. The Morgan fingerprint density at radius 3 is 2.45 bits per heavy atom. The minimum atomic E-state index is -3.17. The Morgan fingerprint density at radius 2 is 1.79 bits per heavy atom. The predicted molar refractivity (Wildman–Crippen MR) is 113 cm³/mol. The smallest absolute Gasteiger partial charge is 0.191 e.